The van der Waals surface area contributed by atoms with Crippen molar-refractivity contribution in [3.63, 3.8) is 0 Å². The summed E-state index contributed by atoms with van der Waals surface area (Å²) in [7, 11) is 0. The van der Waals surface area contributed by atoms with E-state index >= 15 is 0 Å². The first-order valence-corrected chi connectivity index (χ1v) is 3.89. The maximum absolute atomic E-state index is 9.09. The minimum atomic E-state index is 0.0721. The van der Waals surface area contributed by atoms with Crippen LogP contribution in [0.3, 0.4) is 0 Å². The fourth-order valence-corrected chi connectivity index (χ4v) is 1.42. The Bertz CT molecular complexity index is 401. The molecular weight excluding hydrogens is 152 g/mol. The van der Waals surface area contributed by atoms with Gasteiger partial charge in [0.25, 0.3) is 0 Å². The van der Waals surface area contributed by atoms with Crippen LogP contribution in [0.1, 0.15) is 11.1 Å². The summed E-state index contributed by atoms with van der Waals surface area (Å²) in [5.74, 6) is 0. The van der Waals surface area contributed by atoms with Crippen molar-refractivity contribution in [1.29, 1.82) is 0 Å². The molecule has 2 heteroatoms. The molecule has 0 aliphatic heterocycles. The summed E-state index contributed by atoms with van der Waals surface area (Å²) in [6.07, 6.45) is 1.64. The van der Waals surface area contributed by atoms with Crippen molar-refractivity contribution in [2.45, 2.75) is 13.5 Å². The lowest BCUT2D eigenvalue weighted by Crippen LogP contribution is -1.88. The lowest BCUT2D eigenvalue weighted by molar-refractivity contribution is 0.282. The second kappa shape index (κ2) is 2.64. The Hall–Kier alpha value is -1.28. The van der Waals surface area contributed by atoms with Crippen LogP contribution in [-0.4, -0.2) is 5.11 Å². The molecule has 2 rings (SSSR count). The molecule has 0 atom stereocenters. The van der Waals surface area contributed by atoms with Crippen LogP contribution < -0.4 is 0 Å². The first-order chi connectivity index (χ1) is 5.83. The largest absolute Gasteiger partial charge is 0.464 e. The van der Waals surface area contributed by atoms with Crippen molar-refractivity contribution in [2.24, 2.45) is 0 Å². The van der Waals surface area contributed by atoms with Gasteiger partial charge in [-0.1, -0.05) is 6.07 Å². The highest BCUT2D eigenvalue weighted by atomic mass is 16.3. The Labute approximate surface area is 70.4 Å². The van der Waals surface area contributed by atoms with Gasteiger partial charge in [-0.3, -0.25) is 0 Å². The summed E-state index contributed by atoms with van der Waals surface area (Å²) in [4.78, 5) is 0. The molecule has 0 amide bonds. The number of aliphatic hydroxyl groups is 1. The normalized spacial score (nSPS) is 10.8. The lowest BCUT2D eigenvalue weighted by Gasteiger charge is -2.01. The number of rotatable bonds is 1. The third kappa shape index (κ3) is 0.924. The molecule has 62 valence electrons. The van der Waals surface area contributed by atoms with Crippen LogP contribution in [0.15, 0.2) is 28.9 Å². The molecule has 0 aliphatic carbocycles. The third-order valence-corrected chi connectivity index (χ3v) is 2.14. The average Bonchev–Trinajstić information content (AvgIpc) is 2.52. The first kappa shape index (κ1) is 7.37. The van der Waals surface area contributed by atoms with Crippen molar-refractivity contribution < 1.29 is 9.52 Å². The van der Waals surface area contributed by atoms with Gasteiger partial charge in [0.1, 0.15) is 5.58 Å². The van der Waals surface area contributed by atoms with E-state index in [2.05, 4.69) is 0 Å². The quantitative estimate of drug-likeness (QED) is 0.697. The summed E-state index contributed by atoms with van der Waals surface area (Å²) in [5, 5.41) is 10.1. The van der Waals surface area contributed by atoms with Gasteiger partial charge in [0, 0.05) is 5.39 Å². The molecule has 0 aliphatic rings. The van der Waals surface area contributed by atoms with E-state index in [-0.39, 0.29) is 6.61 Å². The highest BCUT2D eigenvalue weighted by Crippen LogP contribution is 2.22. The number of hydrogen-bond acceptors (Lipinski definition) is 2. The van der Waals surface area contributed by atoms with Crippen molar-refractivity contribution in [2.75, 3.05) is 0 Å². The molecule has 0 fully saturated rings. The molecule has 1 N–H and O–H groups in total. The molecule has 2 nitrogen and oxygen atoms in total. The highest BCUT2D eigenvalue weighted by Gasteiger charge is 2.04. The van der Waals surface area contributed by atoms with Crippen molar-refractivity contribution in [1.82, 2.24) is 0 Å². The third-order valence-electron chi connectivity index (χ3n) is 2.14. The standard InChI is InChI=1S/C10H10O2/c1-7-2-3-10-8(4-5-12-10)9(7)6-11/h2-5,11H,6H2,1H3. The van der Waals surface area contributed by atoms with Gasteiger partial charge < -0.3 is 9.52 Å². The molecule has 0 spiro atoms. The van der Waals surface area contributed by atoms with Crippen molar-refractivity contribution >= 4 is 11.0 Å². The Balaban J connectivity index is 2.83. The first-order valence-electron chi connectivity index (χ1n) is 3.89. The van der Waals surface area contributed by atoms with Gasteiger partial charge in [0.2, 0.25) is 0 Å². The fourth-order valence-electron chi connectivity index (χ4n) is 1.42. The number of benzene rings is 1. The second-order valence-corrected chi connectivity index (χ2v) is 2.85. The number of aliphatic hydroxyl groups excluding tert-OH is 1. The van der Waals surface area contributed by atoms with Gasteiger partial charge in [0.05, 0.1) is 12.9 Å². The smallest absolute Gasteiger partial charge is 0.134 e. The van der Waals surface area contributed by atoms with Gasteiger partial charge in [-0.2, -0.15) is 0 Å². The van der Waals surface area contributed by atoms with Crippen LogP contribution in [0.4, 0.5) is 0 Å². The monoisotopic (exact) mass is 162 g/mol. The van der Waals surface area contributed by atoms with Gasteiger partial charge >= 0.3 is 0 Å². The lowest BCUT2D eigenvalue weighted by atomic mass is 10.1. The zero-order chi connectivity index (χ0) is 8.55. The van der Waals surface area contributed by atoms with E-state index in [4.69, 9.17) is 9.52 Å². The van der Waals surface area contributed by atoms with Gasteiger partial charge in [0.15, 0.2) is 0 Å². The minimum absolute atomic E-state index is 0.0721. The maximum Gasteiger partial charge on any atom is 0.134 e. The van der Waals surface area contributed by atoms with Gasteiger partial charge in [-0.15, -0.1) is 0 Å². The zero-order valence-corrected chi connectivity index (χ0v) is 6.87. The topological polar surface area (TPSA) is 33.4 Å². The maximum atomic E-state index is 9.09. The second-order valence-electron chi connectivity index (χ2n) is 2.85. The van der Waals surface area contributed by atoms with Gasteiger partial charge in [-0.25, -0.2) is 0 Å². The van der Waals surface area contributed by atoms with Crippen LogP contribution in [0, 0.1) is 6.92 Å². The molecular formula is C10H10O2. The molecule has 12 heavy (non-hydrogen) atoms. The zero-order valence-electron chi connectivity index (χ0n) is 6.87. The number of hydrogen-bond donors (Lipinski definition) is 1. The Morgan fingerprint density at radius 1 is 1.33 bits per heavy atom. The van der Waals surface area contributed by atoms with E-state index in [0.717, 1.165) is 22.1 Å². The summed E-state index contributed by atoms with van der Waals surface area (Å²) >= 11 is 0. The average molecular weight is 162 g/mol. The molecule has 0 bridgehead atoms. The molecule has 1 aromatic heterocycles. The van der Waals surface area contributed by atoms with Gasteiger partial charge in [-0.05, 0) is 30.2 Å². The van der Waals surface area contributed by atoms with Crippen LogP contribution in [-0.2, 0) is 6.61 Å². The molecule has 1 aromatic carbocycles. The van der Waals surface area contributed by atoms with E-state index in [1.807, 2.05) is 25.1 Å². The summed E-state index contributed by atoms with van der Waals surface area (Å²) < 4.78 is 5.20. The van der Waals surface area contributed by atoms with Crippen molar-refractivity contribution in [3.8, 4) is 0 Å². The predicted octanol–water partition coefficient (Wildman–Crippen LogP) is 2.23. The van der Waals surface area contributed by atoms with E-state index in [0.29, 0.717) is 0 Å². The van der Waals surface area contributed by atoms with E-state index in [1.54, 1.807) is 6.26 Å². The Kier molecular flexibility index (Phi) is 1.62. The van der Waals surface area contributed by atoms with Crippen LogP contribution in [0.25, 0.3) is 11.0 Å². The van der Waals surface area contributed by atoms with E-state index in [1.165, 1.54) is 0 Å². The van der Waals surface area contributed by atoms with E-state index < -0.39 is 0 Å². The van der Waals surface area contributed by atoms with Crippen molar-refractivity contribution in [3.05, 3.63) is 35.6 Å². The molecule has 0 unspecified atom stereocenters. The summed E-state index contributed by atoms with van der Waals surface area (Å²) in [6, 6.07) is 5.76. The summed E-state index contributed by atoms with van der Waals surface area (Å²) in [6.45, 7) is 2.06. The van der Waals surface area contributed by atoms with Crippen LogP contribution in [0.5, 0.6) is 0 Å². The van der Waals surface area contributed by atoms with Crippen LogP contribution in [0.2, 0.25) is 0 Å². The molecule has 1 heterocycles. The number of furan rings is 1. The predicted molar refractivity (Wildman–Crippen MR) is 46.9 cm³/mol. The molecule has 0 radical (unpaired) electrons. The Morgan fingerprint density at radius 3 is 2.92 bits per heavy atom. The number of fused-ring (bicyclic) bond motifs is 1. The molecule has 2 aromatic rings. The molecule has 0 saturated heterocycles. The summed E-state index contributed by atoms with van der Waals surface area (Å²) in [5.41, 5.74) is 2.90. The fraction of sp³-hybridized carbons (Fsp3) is 0.200. The van der Waals surface area contributed by atoms with E-state index in [9.17, 15) is 0 Å². The Morgan fingerprint density at radius 2 is 2.17 bits per heavy atom. The number of aryl methyl sites for hydroxylation is 1. The molecule has 0 saturated carbocycles. The van der Waals surface area contributed by atoms with Crippen LogP contribution >= 0.6 is 0 Å². The minimum Gasteiger partial charge on any atom is -0.464 e. The SMILES string of the molecule is Cc1ccc2occc2c1CO. The highest BCUT2D eigenvalue weighted by molar-refractivity contribution is 5.81.